The van der Waals surface area contributed by atoms with Crippen LogP contribution in [0.1, 0.15) is 40.0 Å². The van der Waals surface area contributed by atoms with Crippen LogP contribution in [0.2, 0.25) is 0 Å². The van der Waals surface area contributed by atoms with Crippen LogP contribution < -0.4 is 16.4 Å². The van der Waals surface area contributed by atoms with Gasteiger partial charge in [0.15, 0.2) is 0 Å². The van der Waals surface area contributed by atoms with E-state index in [-0.39, 0.29) is 24.4 Å². The van der Waals surface area contributed by atoms with Crippen molar-refractivity contribution in [2.45, 2.75) is 58.2 Å². The molecule has 5 heteroatoms. The molecule has 1 rings (SSSR count). The summed E-state index contributed by atoms with van der Waals surface area (Å²) in [5.41, 5.74) is 5.09. The molecule has 1 heterocycles. The Labute approximate surface area is 103 Å². The van der Waals surface area contributed by atoms with Gasteiger partial charge in [-0.05, 0) is 32.6 Å². The number of nitrogens with two attached hydrogens (primary N) is 1. The smallest absolute Gasteiger partial charge is 0.237 e. The first-order valence-electron chi connectivity index (χ1n) is 6.23. The maximum atomic E-state index is 12.0. The summed E-state index contributed by atoms with van der Waals surface area (Å²) < 4.78 is 0. The Hall–Kier alpha value is -1.10. The molecule has 0 spiro atoms. The molecule has 0 aromatic carbocycles. The number of carbonyl (C=O) groups excluding carboxylic acids is 2. The number of nitrogens with one attached hydrogen (secondary N) is 2. The Morgan fingerprint density at radius 3 is 2.59 bits per heavy atom. The lowest BCUT2D eigenvalue weighted by Gasteiger charge is -2.32. The minimum absolute atomic E-state index is 0.0304. The van der Waals surface area contributed by atoms with Crippen LogP contribution in [-0.4, -0.2) is 29.9 Å². The Bertz CT molecular complexity index is 283. The number of rotatable bonds is 4. The molecule has 0 aromatic heterocycles. The standard InChI is InChI=1S/C12H23N3O2/c1-7-4-8(2)14-10(5-7)12(17)15-9(3)6-11(13)16/h7-10,14H,4-6H2,1-3H3,(H2,13,16)(H,15,17). The van der Waals surface area contributed by atoms with Gasteiger partial charge in [0.05, 0.1) is 6.04 Å². The normalized spacial score (nSPS) is 30.6. The average molecular weight is 241 g/mol. The SMILES string of the molecule is CC1CC(C)NC(C(=O)NC(C)CC(N)=O)C1. The van der Waals surface area contributed by atoms with Gasteiger partial charge in [0.25, 0.3) is 0 Å². The van der Waals surface area contributed by atoms with Gasteiger partial charge in [-0.25, -0.2) is 0 Å². The van der Waals surface area contributed by atoms with Crippen LogP contribution >= 0.6 is 0 Å². The van der Waals surface area contributed by atoms with E-state index in [1.54, 1.807) is 6.92 Å². The molecule has 0 bridgehead atoms. The molecule has 0 saturated carbocycles. The van der Waals surface area contributed by atoms with E-state index >= 15 is 0 Å². The highest BCUT2D eigenvalue weighted by molar-refractivity contribution is 5.83. The van der Waals surface area contributed by atoms with Gasteiger partial charge in [-0.15, -0.1) is 0 Å². The van der Waals surface area contributed by atoms with E-state index in [1.807, 2.05) is 0 Å². The third-order valence-corrected chi connectivity index (χ3v) is 3.09. The maximum absolute atomic E-state index is 12.0. The summed E-state index contributed by atoms with van der Waals surface area (Å²) in [4.78, 5) is 22.7. The lowest BCUT2D eigenvalue weighted by atomic mass is 9.89. The molecule has 1 aliphatic heterocycles. The average Bonchev–Trinajstić information content (AvgIpc) is 2.14. The van der Waals surface area contributed by atoms with Crippen molar-refractivity contribution < 1.29 is 9.59 Å². The molecule has 1 aliphatic rings. The zero-order valence-corrected chi connectivity index (χ0v) is 10.8. The summed E-state index contributed by atoms with van der Waals surface area (Å²) >= 11 is 0. The Balaban J connectivity index is 2.43. The summed E-state index contributed by atoms with van der Waals surface area (Å²) in [6, 6.07) is 0.0133. The van der Waals surface area contributed by atoms with E-state index < -0.39 is 5.91 Å². The number of hydrogen-bond acceptors (Lipinski definition) is 3. The Morgan fingerprint density at radius 1 is 1.41 bits per heavy atom. The molecular formula is C12H23N3O2. The van der Waals surface area contributed by atoms with Gasteiger partial charge in [0.2, 0.25) is 11.8 Å². The zero-order valence-electron chi connectivity index (χ0n) is 10.8. The van der Waals surface area contributed by atoms with Crippen LogP contribution in [0, 0.1) is 5.92 Å². The second-order valence-corrected chi connectivity index (χ2v) is 5.28. The summed E-state index contributed by atoms with van der Waals surface area (Å²) in [6.45, 7) is 6.03. The molecule has 17 heavy (non-hydrogen) atoms. The van der Waals surface area contributed by atoms with Crippen LogP contribution in [-0.2, 0) is 9.59 Å². The van der Waals surface area contributed by atoms with E-state index in [2.05, 4.69) is 24.5 Å². The van der Waals surface area contributed by atoms with Crippen LogP contribution in [0.15, 0.2) is 0 Å². The number of piperidine rings is 1. The minimum atomic E-state index is -0.392. The monoisotopic (exact) mass is 241 g/mol. The Morgan fingerprint density at radius 2 is 2.06 bits per heavy atom. The molecule has 0 aromatic rings. The van der Waals surface area contributed by atoms with Crippen molar-refractivity contribution in [1.82, 2.24) is 10.6 Å². The van der Waals surface area contributed by atoms with Gasteiger partial charge in [0.1, 0.15) is 0 Å². The summed E-state index contributed by atoms with van der Waals surface area (Å²) in [6.07, 6.45) is 2.13. The number of hydrogen-bond donors (Lipinski definition) is 3. The van der Waals surface area contributed by atoms with Crippen molar-refractivity contribution in [1.29, 1.82) is 0 Å². The first kappa shape index (κ1) is 14.0. The highest BCUT2D eigenvalue weighted by Gasteiger charge is 2.28. The molecule has 5 nitrogen and oxygen atoms in total. The van der Waals surface area contributed by atoms with E-state index in [1.165, 1.54) is 0 Å². The van der Waals surface area contributed by atoms with Gasteiger partial charge in [-0.3, -0.25) is 9.59 Å². The van der Waals surface area contributed by atoms with Crippen molar-refractivity contribution in [3.8, 4) is 0 Å². The fraction of sp³-hybridized carbons (Fsp3) is 0.833. The second-order valence-electron chi connectivity index (χ2n) is 5.28. The molecule has 0 radical (unpaired) electrons. The van der Waals surface area contributed by atoms with Gasteiger partial charge in [0, 0.05) is 18.5 Å². The number of carbonyl (C=O) groups is 2. The van der Waals surface area contributed by atoms with E-state index in [0.717, 1.165) is 12.8 Å². The fourth-order valence-electron chi connectivity index (χ4n) is 2.46. The molecule has 2 amide bonds. The highest BCUT2D eigenvalue weighted by Crippen LogP contribution is 2.19. The zero-order chi connectivity index (χ0) is 13.0. The largest absolute Gasteiger partial charge is 0.370 e. The molecule has 0 aliphatic carbocycles. The second kappa shape index (κ2) is 6.00. The third-order valence-electron chi connectivity index (χ3n) is 3.09. The van der Waals surface area contributed by atoms with E-state index in [9.17, 15) is 9.59 Å². The van der Waals surface area contributed by atoms with Crippen molar-refractivity contribution in [3.05, 3.63) is 0 Å². The first-order chi connectivity index (χ1) is 7.88. The highest BCUT2D eigenvalue weighted by atomic mass is 16.2. The molecule has 98 valence electrons. The maximum Gasteiger partial charge on any atom is 0.237 e. The quantitative estimate of drug-likeness (QED) is 0.654. The van der Waals surface area contributed by atoms with Gasteiger partial charge >= 0.3 is 0 Å². The van der Waals surface area contributed by atoms with Gasteiger partial charge in [-0.2, -0.15) is 0 Å². The number of amides is 2. The predicted octanol–water partition coefficient (Wildman–Crippen LogP) is 0.143. The van der Waals surface area contributed by atoms with E-state index in [4.69, 9.17) is 5.73 Å². The summed E-state index contributed by atoms with van der Waals surface area (Å²) in [5.74, 6) is 0.127. The van der Waals surface area contributed by atoms with Crippen LogP contribution in [0.3, 0.4) is 0 Å². The molecule has 1 saturated heterocycles. The van der Waals surface area contributed by atoms with Gasteiger partial charge in [-0.1, -0.05) is 6.92 Å². The minimum Gasteiger partial charge on any atom is -0.370 e. The lowest BCUT2D eigenvalue weighted by molar-refractivity contribution is -0.125. The van der Waals surface area contributed by atoms with Gasteiger partial charge < -0.3 is 16.4 Å². The van der Waals surface area contributed by atoms with Crippen LogP contribution in [0.4, 0.5) is 0 Å². The first-order valence-corrected chi connectivity index (χ1v) is 6.23. The van der Waals surface area contributed by atoms with Crippen molar-refractivity contribution in [3.63, 3.8) is 0 Å². The molecular weight excluding hydrogens is 218 g/mol. The van der Waals surface area contributed by atoms with Crippen molar-refractivity contribution >= 4 is 11.8 Å². The van der Waals surface area contributed by atoms with E-state index in [0.29, 0.717) is 12.0 Å². The Kier molecular flexibility index (Phi) is 4.93. The molecule has 4 N–H and O–H groups in total. The third kappa shape index (κ3) is 4.73. The molecule has 4 unspecified atom stereocenters. The lowest BCUT2D eigenvalue weighted by Crippen LogP contribution is -2.53. The molecule has 4 atom stereocenters. The summed E-state index contributed by atoms with van der Waals surface area (Å²) in [7, 11) is 0. The number of primary amides is 1. The van der Waals surface area contributed by atoms with Crippen LogP contribution in [0.5, 0.6) is 0 Å². The topological polar surface area (TPSA) is 84.2 Å². The van der Waals surface area contributed by atoms with Crippen molar-refractivity contribution in [2.24, 2.45) is 11.7 Å². The van der Waals surface area contributed by atoms with Crippen molar-refractivity contribution in [2.75, 3.05) is 0 Å². The predicted molar refractivity (Wildman–Crippen MR) is 66.2 cm³/mol. The van der Waals surface area contributed by atoms with Crippen LogP contribution in [0.25, 0.3) is 0 Å². The fourth-order valence-corrected chi connectivity index (χ4v) is 2.46. The molecule has 1 fully saturated rings. The summed E-state index contributed by atoms with van der Waals surface area (Å²) in [5, 5.41) is 6.10.